The van der Waals surface area contributed by atoms with Gasteiger partial charge in [0.25, 0.3) is 0 Å². The third kappa shape index (κ3) is 1.03. The van der Waals surface area contributed by atoms with Crippen LogP contribution in [0.1, 0.15) is 34.1 Å². The zero-order valence-corrected chi connectivity index (χ0v) is 9.24. The first kappa shape index (κ1) is 9.13. The van der Waals surface area contributed by atoms with Crippen molar-refractivity contribution in [3.05, 3.63) is 0 Å². The third-order valence-corrected chi connectivity index (χ3v) is 3.71. The zero-order chi connectivity index (χ0) is 10.1. The molecule has 0 aromatic carbocycles. The minimum atomic E-state index is -0.450. The number of hydrogen-bond acceptors (Lipinski definition) is 3. The molecule has 0 spiro atoms. The Morgan fingerprint density at radius 1 is 1.14 bits per heavy atom. The number of fused-ring (bicyclic) bond motifs is 3. The van der Waals surface area contributed by atoms with Crippen molar-refractivity contribution in [1.82, 2.24) is 0 Å². The molecule has 3 heteroatoms. The highest BCUT2D eigenvalue weighted by atomic mass is 16.8. The van der Waals surface area contributed by atoms with Gasteiger partial charge in [-0.25, -0.2) is 0 Å². The van der Waals surface area contributed by atoms with E-state index in [9.17, 15) is 0 Å². The normalized spacial score (nSPS) is 59.1. The molecule has 80 valence electrons. The maximum atomic E-state index is 6.02. The molecule has 0 N–H and O–H groups in total. The zero-order valence-electron chi connectivity index (χ0n) is 9.24. The Morgan fingerprint density at radius 2 is 1.86 bits per heavy atom. The SMILES string of the molecule is C[C@H]1C[C@@H]2O[C@@H]2[C@@]2(C)OC(C)(C)O[C@@H]12. The Bertz CT molecular complexity index is 276. The lowest BCUT2D eigenvalue weighted by Gasteiger charge is -2.34. The Labute approximate surface area is 84.7 Å². The van der Waals surface area contributed by atoms with E-state index in [4.69, 9.17) is 14.2 Å². The third-order valence-electron chi connectivity index (χ3n) is 3.71. The summed E-state index contributed by atoms with van der Waals surface area (Å²) in [5, 5.41) is 0. The summed E-state index contributed by atoms with van der Waals surface area (Å²) in [6.07, 6.45) is 2.00. The van der Waals surface area contributed by atoms with Crippen molar-refractivity contribution in [2.45, 2.75) is 63.8 Å². The first-order chi connectivity index (χ1) is 6.42. The molecule has 2 saturated heterocycles. The van der Waals surface area contributed by atoms with Gasteiger partial charge in [0.1, 0.15) is 11.7 Å². The Balaban J connectivity index is 1.95. The van der Waals surface area contributed by atoms with Crippen molar-refractivity contribution in [3.8, 4) is 0 Å². The average molecular weight is 198 g/mol. The van der Waals surface area contributed by atoms with Crippen LogP contribution in [-0.2, 0) is 14.2 Å². The van der Waals surface area contributed by atoms with Crippen molar-refractivity contribution in [3.63, 3.8) is 0 Å². The Morgan fingerprint density at radius 3 is 2.57 bits per heavy atom. The number of hydrogen-bond donors (Lipinski definition) is 0. The van der Waals surface area contributed by atoms with Crippen molar-refractivity contribution in [2.24, 2.45) is 5.92 Å². The van der Waals surface area contributed by atoms with Crippen LogP contribution in [0.25, 0.3) is 0 Å². The summed E-state index contributed by atoms with van der Waals surface area (Å²) in [6, 6.07) is 0. The van der Waals surface area contributed by atoms with Gasteiger partial charge in [-0.2, -0.15) is 0 Å². The summed E-state index contributed by atoms with van der Waals surface area (Å²) in [6.45, 7) is 8.33. The summed E-state index contributed by atoms with van der Waals surface area (Å²) in [5.74, 6) is 0.0830. The largest absolute Gasteiger partial charge is 0.366 e. The Kier molecular flexibility index (Phi) is 1.53. The molecule has 0 aromatic rings. The van der Waals surface area contributed by atoms with E-state index in [0.29, 0.717) is 12.0 Å². The standard InChI is InChI=1S/C11H18O3/c1-6-5-7-9(12-7)11(4)8(6)13-10(2,3)14-11/h6-9H,5H2,1-4H3/t6-,7-,8-,9-,11-/m0/s1. The lowest BCUT2D eigenvalue weighted by molar-refractivity contribution is -0.164. The number of ether oxygens (including phenoxy) is 3. The van der Waals surface area contributed by atoms with Gasteiger partial charge >= 0.3 is 0 Å². The van der Waals surface area contributed by atoms with Crippen LogP contribution < -0.4 is 0 Å². The average Bonchev–Trinajstić information content (AvgIpc) is 2.72. The van der Waals surface area contributed by atoms with Crippen molar-refractivity contribution >= 4 is 0 Å². The first-order valence-corrected chi connectivity index (χ1v) is 5.46. The molecule has 3 nitrogen and oxygen atoms in total. The van der Waals surface area contributed by atoms with E-state index in [1.807, 2.05) is 13.8 Å². The Hall–Kier alpha value is -0.120. The van der Waals surface area contributed by atoms with E-state index in [-0.39, 0.29) is 17.8 Å². The lowest BCUT2D eigenvalue weighted by atomic mass is 9.77. The molecule has 0 amide bonds. The fourth-order valence-corrected chi connectivity index (χ4v) is 3.25. The van der Waals surface area contributed by atoms with Gasteiger partial charge in [-0.05, 0) is 33.1 Å². The summed E-state index contributed by atoms with van der Waals surface area (Å²) >= 11 is 0. The van der Waals surface area contributed by atoms with Gasteiger partial charge in [0.05, 0.1) is 12.2 Å². The minimum absolute atomic E-state index is 0.196. The van der Waals surface area contributed by atoms with E-state index in [1.54, 1.807) is 0 Å². The van der Waals surface area contributed by atoms with E-state index in [1.165, 1.54) is 0 Å². The van der Waals surface area contributed by atoms with Crippen LogP contribution in [0.3, 0.4) is 0 Å². The second-order valence-corrected chi connectivity index (χ2v) is 5.53. The maximum absolute atomic E-state index is 6.02. The van der Waals surface area contributed by atoms with E-state index >= 15 is 0 Å². The van der Waals surface area contributed by atoms with Gasteiger partial charge in [-0.15, -0.1) is 0 Å². The van der Waals surface area contributed by atoms with Gasteiger partial charge in [0.15, 0.2) is 5.79 Å². The fourth-order valence-electron chi connectivity index (χ4n) is 3.25. The minimum Gasteiger partial charge on any atom is -0.366 e. The molecule has 0 radical (unpaired) electrons. The maximum Gasteiger partial charge on any atom is 0.164 e. The van der Waals surface area contributed by atoms with Crippen LogP contribution in [0.5, 0.6) is 0 Å². The van der Waals surface area contributed by atoms with Crippen molar-refractivity contribution in [1.29, 1.82) is 0 Å². The smallest absolute Gasteiger partial charge is 0.164 e. The molecule has 5 atom stereocenters. The lowest BCUT2D eigenvalue weighted by Crippen LogP contribution is -2.49. The molecule has 3 rings (SSSR count). The predicted molar refractivity (Wildman–Crippen MR) is 50.9 cm³/mol. The van der Waals surface area contributed by atoms with Crippen LogP contribution in [0.15, 0.2) is 0 Å². The van der Waals surface area contributed by atoms with E-state index in [0.717, 1.165) is 6.42 Å². The molecule has 0 aromatic heterocycles. The highest BCUT2D eigenvalue weighted by molar-refractivity contribution is 5.13. The van der Waals surface area contributed by atoms with E-state index < -0.39 is 5.79 Å². The predicted octanol–water partition coefficient (Wildman–Crippen LogP) is 1.70. The molecule has 2 aliphatic heterocycles. The van der Waals surface area contributed by atoms with Crippen molar-refractivity contribution in [2.75, 3.05) is 0 Å². The summed E-state index contributed by atoms with van der Waals surface area (Å²) in [4.78, 5) is 0. The summed E-state index contributed by atoms with van der Waals surface area (Å²) in [5.41, 5.74) is -0.216. The van der Waals surface area contributed by atoms with Crippen molar-refractivity contribution < 1.29 is 14.2 Å². The topological polar surface area (TPSA) is 31.0 Å². The quantitative estimate of drug-likeness (QED) is 0.555. The van der Waals surface area contributed by atoms with Gasteiger partial charge in [-0.3, -0.25) is 0 Å². The molecule has 1 saturated carbocycles. The van der Waals surface area contributed by atoms with Gasteiger partial charge < -0.3 is 14.2 Å². The molecule has 1 aliphatic carbocycles. The second-order valence-electron chi connectivity index (χ2n) is 5.53. The molecule has 3 fully saturated rings. The molecule has 0 bridgehead atoms. The molecule has 14 heavy (non-hydrogen) atoms. The van der Waals surface area contributed by atoms with Gasteiger partial charge in [0, 0.05) is 0 Å². The second kappa shape index (κ2) is 2.34. The van der Waals surface area contributed by atoms with Gasteiger partial charge in [0.2, 0.25) is 0 Å². The fraction of sp³-hybridized carbons (Fsp3) is 1.00. The highest BCUT2D eigenvalue weighted by Crippen LogP contribution is 2.54. The van der Waals surface area contributed by atoms with E-state index in [2.05, 4.69) is 13.8 Å². The molecular weight excluding hydrogens is 180 g/mol. The van der Waals surface area contributed by atoms with Crippen LogP contribution in [0.2, 0.25) is 0 Å². The van der Waals surface area contributed by atoms with Crippen LogP contribution in [-0.4, -0.2) is 29.7 Å². The summed E-state index contributed by atoms with van der Waals surface area (Å²) in [7, 11) is 0. The monoisotopic (exact) mass is 198 g/mol. The summed E-state index contributed by atoms with van der Waals surface area (Å²) < 4.78 is 17.6. The van der Waals surface area contributed by atoms with Gasteiger partial charge in [-0.1, -0.05) is 6.92 Å². The molecule has 2 heterocycles. The number of epoxide rings is 1. The molecular formula is C11H18O3. The van der Waals surface area contributed by atoms with Crippen LogP contribution in [0.4, 0.5) is 0 Å². The van der Waals surface area contributed by atoms with Crippen LogP contribution in [0, 0.1) is 5.92 Å². The highest BCUT2D eigenvalue weighted by Gasteiger charge is 2.67. The number of rotatable bonds is 0. The van der Waals surface area contributed by atoms with Crippen LogP contribution >= 0.6 is 0 Å². The first-order valence-electron chi connectivity index (χ1n) is 5.46. The molecule has 0 unspecified atom stereocenters. The molecule has 3 aliphatic rings.